The topological polar surface area (TPSA) is 63.0 Å². The minimum absolute atomic E-state index is 0.310. The summed E-state index contributed by atoms with van der Waals surface area (Å²) in [5.74, 6) is 2.27. The zero-order valence-electron chi connectivity index (χ0n) is 13.3. The van der Waals surface area contributed by atoms with Gasteiger partial charge >= 0.3 is 0 Å². The van der Waals surface area contributed by atoms with E-state index in [2.05, 4.69) is 22.3 Å². The molecule has 1 aromatic heterocycles. The third-order valence-corrected chi connectivity index (χ3v) is 4.27. The Labute approximate surface area is 131 Å². The van der Waals surface area contributed by atoms with Gasteiger partial charge in [-0.3, -0.25) is 0 Å². The Bertz CT molecular complexity index is 620. The summed E-state index contributed by atoms with van der Waals surface area (Å²) in [4.78, 5) is 4.58. The Balaban J connectivity index is 1.56. The molecule has 2 atom stereocenters. The van der Waals surface area contributed by atoms with Gasteiger partial charge in [-0.2, -0.15) is 5.10 Å². The van der Waals surface area contributed by atoms with Gasteiger partial charge in [0.2, 0.25) is 0 Å². The van der Waals surface area contributed by atoms with Crippen LogP contribution in [0.5, 0.6) is 5.75 Å². The summed E-state index contributed by atoms with van der Waals surface area (Å²) in [6.45, 7) is 5.16. The molecule has 0 saturated carbocycles. The van der Waals surface area contributed by atoms with Crippen molar-refractivity contribution in [2.24, 2.45) is 0 Å². The number of aryl methyl sites for hydroxylation is 3. The molecule has 5 nitrogen and oxygen atoms in total. The van der Waals surface area contributed by atoms with Crippen molar-refractivity contribution in [1.82, 2.24) is 20.1 Å². The van der Waals surface area contributed by atoms with E-state index >= 15 is 0 Å². The highest BCUT2D eigenvalue weighted by Crippen LogP contribution is 2.24. The number of rotatable bonds is 5. The Morgan fingerprint density at radius 2 is 2.14 bits per heavy atom. The first-order valence-corrected chi connectivity index (χ1v) is 8.07. The second-order valence-corrected chi connectivity index (χ2v) is 6.21. The lowest BCUT2D eigenvalue weighted by atomic mass is 10.0. The Morgan fingerprint density at radius 3 is 2.91 bits per heavy atom. The summed E-state index contributed by atoms with van der Waals surface area (Å²) in [6, 6.07) is 8.21. The number of benzene rings is 1. The SMILES string of the molecule is Cc1nc2n(n1)CCC[C@H]2N[C@H](C)CCc1ccc(O)cc1. The van der Waals surface area contributed by atoms with Crippen LogP contribution in [0, 0.1) is 6.92 Å². The van der Waals surface area contributed by atoms with Crippen molar-refractivity contribution >= 4 is 0 Å². The maximum atomic E-state index is 9.32. The number of nitrogens with zero attached hydrogens (tertiary/aromatic N) is 3. The van der Waals surface area contributed by atoms with Crippen LogP contribution in [-0.4, -0.2) is 25.9 Å². The molecule has 0 unspecified atom stereocenters. The van der Waals surface area contributed by atoms with Gasteiger partial charge in [-0.15, -0.1) is 0 Å². The van der Waals surface area contributed by atoms with Gasteiger partial charge in [0.1, 0.15) is 17.4 Å². The van der Waals surface area contributed by atoms with Crippen LogP contribution < -0.4 is 5.32 Å². The molecule has 5 heteroatoms. The lowest BCUT2D eigenvalue weighted by Gasteiger charge is -2.26. The molecule has 118 valence electrons. The third-order valence-electron chi connectivity index (χ3n) is 4.27. The normalized spacial score (nSPS) is 18.9. The number of fused-ring (bicyclic) bond motifs is 1. The third kappa shape index (κ3) is 3.47. The van der Waals surface area contributed by atoms with E-state index in [0.717, 1.165) is 43.9 Å². The standard InChI is InChI=1S/C17H24N4O/c1-12(5-6-14-7-9-15(22)10-8-14)18-16-4-3-11-21-17(16)19-13(2)20-21/h7-10,12,16,18,22H,3-6,11H2,1-2H3/t12-,16-/m1/s1. The highest BCUT2D eigenvalue weighted by atomic mass is 16.3. The molecular formula is C17H24N4O. The molecule has 1 aromatic carbocycles. The maximum absolute atomic E-state index is 9.32. The van der Waals surface area contributed by atoms with E-state index in [1.807, 2.05) is 23.7 Å². The van der Waals surface area contributed by atoms with Crippen molar-refractivity contribution in [3.8, 4) is 5.75 Å². The molecule has 0 saturated heterocycles. The number of aromatic nitrogens is 3. The Kier molecular flexibility index (Phi) is 4.43. The van der Waals surface area contributed by atoms with Crippen molar-refractivity contribution in [2.45, 2.75) is 58.2 Å². The van der Waals surface area contributed by atoms with Gasteiger partial charge in [-0.05, 0) is 57.2 Å². The van der Waals surface area contributed by atoms with Gasteiger partial charge in [0.25, 0.3) is 0 Å². The fourth-order valence-corrected chi connectivity index (χ4v) is 3.10. The Morgan fingerprint density at radius 1 is 1.36 bits per heavy atom. The van der Waals surface area contributed by atoms with E-state index in [-0.39, 0.29) is 0 Å². The maximum Gasteiger partial charge on any atom is 0.147 e. The lowest BCUT2D eigenvalue weighted by molar-refractivity contribution is 0.335. The van der Waals surface area contributed by atoms with Crippen LogP contribution in [0.25, 0.3) is 0 Å². The largest absolute Gasteiger partial charge is 0.508 e. The summed E-state index contributed by atoms with van der Waals surface area (Å²) in [7, 11) is 0. The first-order chi connectivity index (χ1) is 10.6. The van der Waals surface area contributed by atoms with Crippen molar-refractivity contribution in [3.05, 3.63) is 41.5 Å². The quantitative estimate of drug-likeness (QED) is 0.891. The number of hydrogen-bond acceptors (Lipinski definition) is 4. The van der Waals surface area contributed by atoms with Crippen LogP contribution in [-0.2, 0) is 13.0 Å². The molecule has 1 aliphatic heterocycles. The van der Waals surface area contributed by atoms with E-state index in [1.165, 1.54) is 5.56 Å². The van der Waals surface area contributed by atoms with Crippen molar-refractivity contribution in [1.29, 1.82) is 0 Å². The van der Waals surface area contributed by atoms with Crippen LogP contribution in [0.2, 0.25) is 0 Å². The average molecular weight is 300 g/mol. The first kappa shape index (κ1) is 15.0. The molecule has 2 aromatic rings. The molecule has 1 aliphatic rings. The summed E-state index contributed by atoms with van der Waals surface area (Å²) in [5.41, 5.74) is 1.26. The molecule has 22 heavy (non-hydrogen) atoms. The fraction of sp³-hybridized carbons (Fsp3) is 0.529. The highest BCUT2D eigenvalue weighted by Gasteiger charge is 2.24. The van der Waals surface area contributed by atoms with E-state index in [1.54, 1.807) is 12.1 Å². The van der Waals surface area contributed by atoms with Gasteiger partial charge in [0.15, 0.2) is 0 Å². The zero-order valence-corrected chi connectivity index (χ0v) is 13.3. The van der Waals surface area contributed by atoms with Crippen LogP contribution >= 0.6 is 0 Å². The van der Waals surface area contributed by atoms with Crippen molar-refractivity contribution < 1.29 is 5.11 Å². The molecule has 0 fully saturated rings. The van der Waals surface area contributed by atoms with Crippen LogP contribution in [0.3, 0.4) is 0 Å². The molecule has 0 radical (unpaired) electrons. The molecule has 2 N–H and O–H groups in total. The van der Waals surface area contributed by atoms with Gasteiger partial charge in [-0.25, -0.2) is 9.67 Å². The number of hydrogen-bond donors (Lipinski definition) is 2. The summed E-state index contributed by atoms with van der Waals surface area (Å²) < 4.78 is 2.04. The number of nitrogens with one attached hydrogen (secondary N) is 1. The summed E-state index contributed by atoms with van der Waals surface area (Å²) >= 11 is 0. The molecule has 0 spiro atoms. The van der Waals surface area contributed by atoms with Crippen LogP contribution in [0.4, 0.5) is 0 Å². The summed E-state index contributed by atoms with van der Waals surface area (Å²) in [5, 5.41) is 17.5. The number of phenols is 1. The monoisotopic (exact) mass is 300 g/mol. The molecule has 3 rings (SSSR count). The predicted octanol–water partition coefficient (Wildman–Crippen LogP) is 2.74. The molecule has 2 heterocycles. The number of phenolic OH excluding ortho intramolecular Hbond substituents is 1. The number of aromatic hydroxyl groups is 1. The van der Waals surface area contributed by atoms with Gasteiger partial charge < -0.3 is 10.4 Å². The second kappa shape index (κ2) is 6.48. The highest BCUT2D eigenvalue weighted by molar-refractivity contribution is 5.25. The van der Waals surface area contributed by atoms with Crippen LogP contribution in [0.15, 0.2) is 24.3 Å². The van der Waals surface area contributed by atoms with Crippen molar-refractivity contribution in [3.63, 3.8) is 0 Å². The molecule has 0 amide bonds. The lowest BCUT2D eigenvalue weighted by Crippen LogP contribution is -2.35. The minimum Gasteiger partial charge on any atom is -0.508 e. The minimum atomic E-state index is 0.310. The molecule has 0 aliphatic carbocycles. The van der Waals surface area contributed by atoms with Gasteiger partial charge in [0, 0.05) is 12.6 Å². The van der Waals surface area contributed by atoms with E-state index < -0.39 is 0 Å². The molecular weight excluding hydrogens is 276 g/mol. The summed E-state index contributed by atoms with van der Waals surface area (Å²) in [6.07, 6.45) is 4.35. The fourth-order valence-electron chi connectivity index (χ4n) is 3.10. The first-order valence-electron chi connectivity index (χ1n) is 8.07. The van der Waals surface area contributed by atoms with E-state index in [0.29, 0.717) is 17.8 Å². The van der Waals surface area contributed by atoms with E-state index in [4.69, 9.17) is 0 Å². The Hall–Kier alpha value is -1.88. The van der Waals surface area contributed by atoms with Gasteiger partial charge in [0.05, 0.1) is 6.04 Å². The zero-order chi connectivity index (χ0) is 15.5. The smallest absolute Gasteiger partial charge is 0.147 e. The molecule has 0 bridgehead atoms. The van der Waals surface area contributed by atoms with Crippen LogP contribution in [0.1, 0.15) is 49.4 Å². The van der Waals surface area contributed by atoms with Crippen molar-refractivity contribution in [2.75, 3.05) is 0 Å². The average Bonchev–Trinajstić information content (AvgIpc) is 2.88. The second-order valence-electron chi connectivity index (χ2n) is 6.21. The predicted molar refractivity (Wildman–Crippen MR) is 85.8 cm³/mol. The van der Waals surface area contributed by atoms with E-state index in [9.17, 15) is 5.11 Å². The van der Waals surface area contributed by atoms with Gasteiger partial charge in [-0.1, -0.05) is 12.1 Å².